The Balaban J connectivity index is 0.000000561. The van der Waals surface area contributed by atoms with Crippen molar-refractivity contribution < 1.29 is 13.5 Å². The predicted octanol–water partition coefficient (Wildman–Crippen LogP) is 2.89. The number of benzene rings is 1. The molecule has 1 aromatic carbocycles. The third kappa shape index (κ3) is 3.91. The first-order valence-corrected chi connectivity index (χ1v) is 3.46. The molecule has 0 aliphatic heterocycles. The molecule has 1 rings (SSSR count). The van der Waals surface area contributed by atoms with E-state index in [1.807, 2.05) is 19.1 Å². The van der Waals surface area contributed by atoms with Gasteiger partial charge in [-0.05, 0) is 19.1 Å². The third-order valence-corrected chi connectivity index (χ3v) is 1.24. The van der Waals surface area contributed by atoms with Gasteiger partial charge < -0.3 is 4.74 Å². The van der Waals surface area contributed by atoms with E-state index < -0.39 is 6.86 Å². The van der Waals surface area contributed by atoms with Crippen LogP contribution in [0.2, 0.25) is 0 Å². The normalized spacial score (nSPS) is 8.33. The highest BCUT2D eigenvalue weighted by atomic mass is 19.1. The van der Waals surface area contributed by atoms with Crippen LogP contribution in [0, 0.1) is 6.92 Å². The molecule has 0 heterocycles. The van der Waals surface area contributed by atoms with Crippen LogP contribution in [-0.4, -0.2) is 14.0 Å². The van der Waals surface area contributed by atoms with Gasteiger partial charge in [0.25, 0.3) is 0 Å². The molecule has 0 N–H and O–H groups in total. The Bertz CT molecular complexity index is 196. The lowest BCUT2D eigenvalue weighted by molar-refractivity contribution is 0.192. The first-order valence-electron chi connectivity index (χ1n) is 3.46. The van der Waals surface area contributed by atoms with Gasteiger partial charge in [0.1, 0.15) is 5.75 Å². The van der Waals surface area contributed by atoms with Crippen molar-refractivity contribution in [1.82, 2.24) is 0 Å². The molecule has 68 valence electrons. The molecule has 0 spiro atoms. The van der Waals surface area contributed by atoms with Crippen LogP contribution in [-0.2, 0) is 0 Å². The molecule has 0 radical (unpaired) electrons. The maximum absolute atomic E-state index is 11.6. The standard InChI is InChI=1S/C8H9FO.CH3F/c1-7-2-4-8(5-3-7)10-6-9;1-2/h2-5H,6H2,1H3;1H3. The second kappa shape index (κ2) is 6.58. The van der Waals surface area contributed by atoms with Gasteiger partial charge in [0, 0.05) is 0 Å². The monoisotopic (exact) mass is 174 g/mol. The molecule has 0 fully saturated rings. The van der Waals surface area contributed by atoms with E-state index in [4.69, 9.17) is 0 Å². The van der Waals surface area contributed by atoms with Gasteiger partial charge in [0.15, 0.2) is 0 Å². The van der Waals surface area contributed by atoms with Crippen LogP contribution in [0.4, 0.5) is 8.78 Å². The second-order valence-corrected chi connectivity index (χ2v) is 2.07. The molecule has 0 aromatic heterocycles. The maximum Gasteiger partial charge on any atom is 0.228 e. The minimum atomic E-state index is -0.761. The lowest BCUT2D eigenvalue weighted by Crippen LogP contribution is -1.88. The van der Waals surface area contributed by atoms with Gasteiger partial charge in [0.2, 0.25) is 6.86 Å². The van der Waals surface area contributed by atoms with Crippen LogP contribution >= 0.6 is 0 Å². The summed E-state index contributed by atoms with van der Waals surface area (Å²) >= 11 is 0. The number of ether oxygens (including phenoxy) is 1. The van der Waals surface area contributed by atoms with Gasteiger partial charge >= 0.3 is 0 Å². The molecule has 0 unspecified atom stereocenters. The molecule has 0 aliphatic carbocycles. The number of hydrogen-bond donors (Lipinski definition) is 0. The van der Waals surface area contributed by atoms with Gasteiger partial charge in [-0.1, -0.05) is 17.7 Å². The van der Waals surface area contributed by atoms with Crippen LogP contribution in [0.5, 0.6) is 5.75 Å². The van der Waals surface area contributed by atoms with Crippen LogP contribution in [0.25, 0.3) is 0 Å². The molecule has 0 saturated heterocycles. The SMILES string of the molecule is CF.Cc1ccc(OCF)cc1. The molecule has 0 bridgehead atoms. The Morgan fingerprint density at radius 1 is 1.17 bits per heavy atom. The van der Waals surface area contributed by atoms with Crippen molar-refractivity contribution in [2.24, 2.45) is 0 Å². The lowest BCUT2D eigenvalue weighted by atomic mass is 10.2. The van der Waals surface area contributed by atoms with E-state index in [-0.39, 0.29) is 0 Å². The van der Waals surface area contributed by atoms with E-state index in [1.165, 1.54) is 0 Å². The fourth-order valence-electron chi connectivity index (χ4n) is 0.697. The Kier molecular flexibility index (Phi) is 5.97. The molecule has 0 saturated carbocycles. The van der Waals surface area contributed by atoms with E-state index in [9.17, 15) is 8.78 Å². The van der Waals surface area contributed by atoms with Crippen LogP contribution in [0.1, 0.15) is 5.56 Å². The smallest absolute Gasteiger partial charge is 0.228 e. The van der Waals surface area contributed by atoms with Crippen molar-refractivity contribution in [3.8, 4) is 5.75 Å². The summed E-state index contributed by atoms with van der Waals surface area (Å²) in [5.74, 6) is 0.577. The van der Waals surface area contributed by atoms with E-state index in [2.05, 4.69) is 4.74 Å². The summed E-state index contributed by atoms with van der Waals surface area (Å²) in [5.41, 5.74) is 1.14. The third-order valence-electron chi connectivity index (χ3n) is 1.24. The highest BCUT2D eigenvalue weighted by Gasteiger charge is 1.89. The zero-order valence-corrected chi connectivity index (χ0v) is 7.18. The van der Waals surface area contributed by atoms with Crippen molar-refractivity contribution in [1.29, 1.82) is 0 Å². The van der Waals surface area contributed by atoms with Gasteiger partial charge in [-0.2, -0.15) is 0 Å². The Morgan fingerprint density at radius 3 is 2.08 bits per heavy atom. The number of hydrogen-bond acceptors (Lipinski definition) is 1. The van der Waals surface area contributed by atoms with E-state index >= 15 is 0 Å². The number of aryl methyl sites for hydroxylation is 1. The molecule has 1 aromatic rings. The Labute approximate surface area is 71.0 Å². The maximum atomic E-state index is 11.6. The first-order chi connectivity index (χ1) is 5.83. The number of alkyl halides is 2. The van der Waals surface area contributed by atoms with Crippen molar-refractivity contribution in [2.45, 2.75) is 6.92 Å². The molecule has 0 atom stereocenters. The van der Waals surface area contributed by atoms with Gasteiger partial charge in [-0.3, -0.25) is 4.39 Å². The summed E-state index contributed by atoms with van der Waals surface area (Å²) in [6.45, 7) is 1.21. The fourth-order valence-corrected chi connectivity index (χ4v) is 0.697. The average molecular weight is 174 g/mol. The zero-order valence-electron chi connectivity index (χ0n) is 7.18. The first kappa shape index (κ1) is 10.9. The van der Waals surface area contributed by atoms with Gasteiger partial charge in [0.05, 0.1) is 7.18 Å². The molecular formula is C9H12F2O. The molecule has 12 heavy (non-hydrogen) atoms. The van der Waals surface area contributed by atoms with E-state index in [0.717, 1.165) is 5.56 Å². The molecule has 3 heteroatoms. The van der Waals surface area contributed by atoms with Crippen LogP contribution in [0.15, 0.2) is 24.3 Å². The fraction of sp³-hybridized carbons (Fsp3) is 0.333. The quantitative estimate of drug-likeness (QED) is 0.669. The largest absolute Gasteiger partial charge is 0.463 e. The summed E-state index contributed by atoms with van der Waals surface area (Å²) in [7, 11) is 0.500. The van der Waals surface area contributed by atoms with Crippen molar-refractivity contribution >= 4 is 0 Å². The van der Waals surface area contributed by atoms with Crippen molar-refractivity contribution in [3.63, 3.8) is 0 Å². The zero-order chi connectivity index (χ0) is 9.40. The average Bonchev–Trinajstić information content (AvgIpc) is 2.13. The predicted molar refractivity (Wildman–Crippen MR) is 44.8 cm³/mol. The lowest BCUT2D eigenvalue weighted by Gasteiger charge is -1.99. The van der Waals surface area contributed by atoms with E-state index in [0.29, 0.717) is 12.9 Å². The second-order valence-electron chi connectivity index (χ2n) is 2.07. The summed E-state index contributed by atoms with van der Waals surface area (Å²) in [5, 5.41) is 0. The number of rotatable bonds is 2. The van der Waals surface area contributed by atoms with Crippen LogP contribution < -0.4 is 4.74 Å². The molecule has 0 amide bonds. The Morgan fingerprint density at radius 2 is 1.67 bits per heavy atom. The Hall–Kier alpha value is -1.12. The molecule has 1 nitrogen and oxygen atoms in total. The molecular weight excluding hydrogens is 162 g/mol. The summed E-state index contributed by atoms with van der Waals surface area (Å²) in [4.78, 5) is 0. The summed E-state index contributed by atoms with van der Waals surface area (Å²) < 4.78 is 25.7. The minimum absolute atomic E-state index is 0.500. The van der Waals surface area contributed by atoms with Crippen molar-refractivity contribution in [2.75, 3.05) is 14.0 Å². The number of halogens is 2. The highest BCUT2D eigenvalue weighted by Crippen LogP contribution is 2.10. The van der Waals surface area contributed by atoms with Crippen LogP contribution in [0.3, 0.4) is 0 Å². The van der Waals surface area contributed by atoms with Gasteiger partial charge in [-0.25, -0.2) is 4.39 Å². The van der Waals surface area contributed by atoms with Gasteiger partial charge in [-0.15, -0.1) is 0 Å². The van der Waals surface area contributed by atoms with E-state index in [1.54, 1.807) is 12.1 Å². The summed E-state index contributed by atoms with van der Waals surface area (Å²) in [6.07, 6.45) is 0. The summed E-state index contributed by atoms with van der Waals surface area (Å²) in [6, 6.07) is 7.25. The van der Waals surface area contributed by atoms with Crippen molar-refractivity contribution in [3.05, 3.63) is 29.8 Å². The highest BCUT2D eigenvalue weighted by molar-refractivity contribution is 5.25. The minimum Gasteiger partial charge on any atom is -0.463 e. The molecule has 0 aliphatic rings. The topological polar surface area (TPSA) is 9.23 Å².